The molecule has 2 aromatic rings. The summed E-state index contributed by atoms with van der Waals surface area (Å²) in [5, 5.41) is 5.29. The molecule has 0 bridgehead atoms. The average molecular weight is 267 g/mol. The van der Waals surface area contributed by atoms with Crippen LogP contribution < -0.4 is 5.32 Å². The molecule has 0 radical (unpaired) electrons. The van der Waals surface area contributed by atoms with Gasteiger partial charge in [-0.1, -0.05) is 13.0 Å². The Kier molecular flexibility index (Phi) is 4.44. The maximum Gasteiger partial charge on any atom is 0.126 e. The Morgan fingerprint density at radius 2 is 2.11 bits per heavy atom. The summed E-state index contributed by atoms with van der Waals surface area (Å²) in [4.78, 5) is 1.14. The Morgan fingerprint density at radius 1 is 1.28 bits per heavy atom. The molecule has 1 unspecified atom stereocenters. The number of halogens is 2. The SMILES string of the molecule is CCNC(Cc1cc(F)ccc1F)c1cccs1. The van der Waals surface area contributed by atoms with E-state index in [1.807, 2.05) is 24.4 Å². The number of thiophene rings is 1. The second-order valence-electron chi connectivity index (χ2n) is 4.07. The minimum Gasteiger partial charge on any atom is -0.309 e. The van der Waals surface area contributed by atoms with E-state index in [9.17, 15) is 8.78 Å². The van der Waals surface area contributed by atoms with Gasteiger partial charge in [-0.05, 0) is 48.2 Å². The first-order valence-electron chi connectivity index (χ1n) is 5.91. The van der Waals surface area contributed by atoms with Crippen LogP contribution in [0.4, 0.5) is 8.78 Å². The van der Waals surface area contributed by atoms with E-state index in [1.54, 1.807) is 11.3 Å². The van der Waals surface area contributed by atoms with Crippen molar-refractivity contribution in [1.82, 2.24) is 5.32 Å². The van der Waals surface area contributed by atoms with Crippen LogP contribution in [0.3, 0.4) is 0 Å². The number of benzene rings is 1. The van der Waals surface area contributed by atoms with E-state index in [-0.39, 0.29) is 11.9 Å². The third kappa shape index (κ3) is 3.15. The van der Waals surface area contributed by atoms with Gasteiger partial charge in [-0.25, -0.2) is 8.78 Å². The predicted octanol–water partition coefficient (Wildman–Crippen LogP) is 3.92. The minimum absolute atomic E-state index is 0.0336. The fourth-order valence-electron chi connectivity index (χ4n) is 1.93. The first-order chi connectivity index (χ1) is 8.70. The normalized spacial score (nSPS) is 12.6. The van der Waals surface area contributed by atoms with E-state index in [0.717, 1.165) is 17.5 Å². The van der Waals surface area contributed by atoms with Gasteiger partial charge < -0.3 is 5.32 Å². The molecule has 0 aliphatic rings. The number of hydrogen-bond acceptors (Lipinski definition) is 2. The largest absolute Gasteiger partial charge is 0.309 e. The molecule has 18 heavy (non-hydrogen) atoms. The van der Waals surface area contributed by atoms with Crippen LogP contribution in [0.15, 0.2) is 35.7 Å². The van der Waals surface area contributed by atoms with Crippen molar-refractivity contribution in [3.8, 4) is 0 Å². The smallest absolute Gasteiger partial charge is 0.126 e. The van der Waals surface area contributed by atoms with Gasteiger partial charge in [0.25, 0.3) is 0 Å². The zero-order chi connectivity index (χ0) is 13.0. The molecular formula is C14H15F2NS. The molecule has 1 nitrogen and oxygen atoms in total. The standard InChI is InChI=1S/C14H15F2NS/c1-2-17-13(14-4-3-7-18-14)9-10-8-11(15)5-6-12(10)16/h3-8,13,17H,2,9H2,1H3. The van der Waals surface area contributed by atoms with Crippen LogP contribution in [0.2, 0.25) is 0 Å². The van der Waals surface area contributed by atoms with Crippen molar-refractivity contribution in [2.45, 2.75) is 19.4 Å². The number of rotatable bonds is 5. The van der Waals surface area contributed by atoms with E-state index in [2.05, 4.69) is 5.32 Å². The highest BCUT2D eigenvalue weighted by Crippen LogP contribution is 2.24. The van der Waals surface area contributed by atoms with Gasteiger partial charge in [0.2, 0.25) is 0 Å². The van der Waals surface area contributed by atoms with Crippen molar-refractivity contribution in [2.75, 3.05) is 6.54 Å². The summed E-state index contributed by atoms with van der Waals surface area (Å²) in [7, 11) is 0. The summed E-state index contributed by atoms with van der Waals surface area (Å²) in [5.41, 5.74) is 0.411. The molecule has 0 aliphatic heterocycles. The van der Waals surface area contributed by atoms with Crippen molar-refractivity contribution < 1.29 is 8.78 Å². The Labute approximate surface area is 109 Å². The third-order valence-corrected chi connectivity index (χ3v) is 3.75. The number of nitrogens with one attached hydrogen (secondary N) is 1. The van der Waals surface area contributed by atoms with Gasteiger partial charge in [-0.15, -0.1) is 11.3 Å². The molecule has 1 aromatic heterocycles. The Bertz CT molecular complexity index is 497. The average Bonchev–Trinajstić information content (AvgIpc) is 2.87. The van der Waals surface area contributed by atoms with E-state index in [0.29, 0.717) is 12.0 Å². The summed E-state index contributed by atoms with van der Waals surface area (Å²) >= 11 is 1.62. The summed E-state index contributed by atoms with van der Waals surface area (Å²) < 4.78 is 26.8. The highest BCUT2D eigenvalue weighted by molar-refractivity contribution is 7.10. The predicted molar refractivity (Wildman–Crippen MR) is 70.8 cm³/mol. The maximum atomic E-state index is 13.6. The van der Waals surface area contributed by atoms with Crippen molar-refractivity contribution in [2.24, 2.45) is 0 Å². The molecule has 1 N–H and O–H groups in total. The van der Waals surface area contributed by atoms with Gasteiger partial charge in [0.05, 0.1) is 0 Å². The molecule has 0 fully saturated rings. The van der Waals surface area contributed by atoms with Crippen LogP contribution in [0, 0.1) is 11.6 Å². The second kappa shape index (κ2) is 6.07. The first kappa shape index (κ1) is 13.2. The van der Waals surface area contributed by atoms with Crippen LogP contribution in [0.1, 0.15) is 23.4 Å². The summed E-state index contributed by atoms with van der Waals surface area (Å²) in [6.07, 6.45) is 0.456. The molecule has 2 rings (SSSR count). The molecule has 96 valence electrons. The van der Waals surface area contributed by atoms with Gasteiger partial charge in [0.15, 0.2) is 0 Å². The lowest BCUT2D eigenvalue weighted by Gasteiger charge is -2.17. The first-order valence-corrected chi connectivity index (χ1v) is 6.79. The lowest BCUT2D eigenvalue weighted by Crippen LogP contribution is -2.22. The van der Waals surface area contributed by atoms with E-state index in [4.69, 9.17) is 0 Å². The van der Waals surface area contributed by atoms with Crippen molar-refractivity contribution in [3.05, 3.63) is 57.8 Å². The van der Waals surface area contributed by atoms with Gasteiger partial charge in [-0.2, -0.15) is 0 Å². The van der Waals surface area contributed by atoms with Crippen LogP contribution in [-0.2, 0) is 6.42 Å². The van der Waals surface area contributed by atoms with Crippen LogP contribution >= 0.6 is 11.3 Å². The molecule has 4 heteroatoms. The Morgan fingerprint density at radius 3 is 2.78 bits per heavy atom. The van der Waals surface area contributed by atoms with E-state index in [1.165, 1.54) is 12.1 Å². The summed E-state index contributed by atoms with van der Waals surface area (Å²) in [6.45, 7) is 2.79. The zero-order valence-corrected chi connectivity index (χ0v) is 10.9. The van der Waals surface area contributed by atoms with E-state index >= 15 is 0 Å². The number of likely N-dealkylation sites (N-methyl/N-ethyl adjacent to an activating group) is 1. The number of hydrogen-bond donors (Lipinski definition) is 1. The highest BCUT2D eigenvalue weighted by Gasteiger charge is 2.15. The van der Waals surface area contributed by atoms with Gasteiger partial charge >= 0.3 is 0 Å². The molecule has 0 spiro atoms. The lowest BCUT2D eigenvalue weighted by molar-refractivity contribution is 0.527. The summed E-state index contributed by atoms with van der Waals surface area (Å²) in [6, 6.07) is 7.61. The molecule has 1 heterocycles. The molecule has 1 aromatic carbocycles. The molecule has 1 atom stereocenters. The van der Waals surface area contributed by atoms with Crippen LogP contribution in [0.25, 0.3) is 0 Å². The van der Waals surface area contributed by atoms with E-state index < -0.39 is 5.82 Å². The quantitative estimate of drug-likeness (QED) is 0.865. The van der Waals surface area contributed by atoms with Gasteiger partial charge in [0.1, 0.15) is 11.6 Å². The van der Waals surface area contributed by atoms with Crippen molar-refractivity contribution >= 4 is 11.3 Å². The maximum absolute atomic E-state index is 13.6. The fraction of sp³-hybridized carbons (Fsp3) is 0.286. The van der Waals surface area contributed by atoms with Crippen molar-refractivity contribution in [3.63, 3.8) is 0 Å². The molecule has 0 saturated heterocycles. The van der Waals surface area contributed by atoms with Gasteiger partial charge in [0, 0.05) is 10.9 Å². The zero-order valence-electron chi connectivity index (χ0n) is 10.1. The fourth-order valence-corrected chi connectivity index (χ4v) is 2.73. The lowest BCUT2D eigenvalue weighted by atomic mass is 10.0. The van der Waals surface area contributed by atoms with Crippen molar-refractivity contribution in [1.29, 1.82) is 0 Å². The third-order valence-electron chi connectivity index (χ3n) is 2.77. The van der Waals surface area contributed by atoms with Gasteiger partial charge in [-0.3, -0.25) is 0 Å². The molecule has 0 aliphatic carbocycles. The molecular weight excluding hydrogens is 252 g/mol. The Balaban J connectivity index is 2.21. The molecule has 0 saturated carbocycles. The monoisotopic (exact) mass is 267 g/mol. The Hall–Kier alpha value is -1.26. The topological polar surface area (TPSA) is 12.0 Å². The second-order valence-corrected chi connectivity index (χ2v) is 5.04. The molecule has 0 amide bonds. The van der Waals surface area contributed by atoms with Crippen LogP contribution in [0.5, 0.6) is 0 Å². The summed E-state index contributed by atoms with van der Waals surface area (Å²) in [5.74, 6) is -0.747. The highest BCUT2D eigenvalue weighted by atomic mass is 32.1. The minimum atomic E-state index is -0.396. The van der Waals surface area contributed by atoms with Crippen LogP contribution in [-0.4, -0.2) is 6.54 Å².